The van der Waals surface area contributed by atoms with Crippen LogP contribution in [0.2, 0.25) is 0 Å². The molecule has 1 heterocycles. The zero-order valence-corrected chi connectivity index (χ0v) is 17.8. The monoisotopic (exact) mass is 448 g/mol. The van der Waals surface area contributed by atoms with Crippen LogP contribution in [0.1, 0.15) is 26.3 Å². The predicted octanol–water partition coefficient (Wildman–Crippen LogP) is 2.48. The third-order valence-electron chi connectivity index (χ3n) is 4.07. The summed E-state index contributed by atoms with van der Waals surface area (Å²) in [5.74, 6) is -1.93. The average molecular weight is 448 g/mol. The van der Waals surface area contributed by atoms with Gasteiger partial charge in [0.25, 0.3) is 0 Å². The van der Waals surface area contributed by atoms with Crippen LogP contribution in [0.4, 0.5) is 0 Å². The number of esters is 3. The summed E-state index contributed by atoms with van der Waals surface area (Å²) in [5.41, 5.74) is 8.57. The number of hydrogen-bond acceptors (Lipinski definition) is 10. The number of thioether (sulfide) groups is 1. The molecule has 0 bridgehead atoms. The van der Waals surface area contributed by atoms with E-state index < -0.39 is 47.7 Å². The van der Waals surface area contributed by atoms with Gasteiger partial charge in [0.1, 0.15) is 36.4 Å². The summed E-state index contributed by atoms with van der Waals surface area (Å²) >= 11 is 1.12. The second-order valence-corrected chi connectivity index (χ2v) is 7.62. The van der Waals surface area contributed by atoms with Crippen molar-refractivity contribution in [1.82, 2.24) is 0 Å². The standard InChI is InChI=1S/C19H20N4O7S/c1-10(24)27-9-15-17(28-11(2)25)16(22-23-21)18(29-12(3)26)19(30-15)31-14-6-4-5-13(7-14)8-20/h4-7,15-19H,9H2,1-3H3/t15?,16?,17-,18?,19+/m0/s1. The molecule has 1 saturated heterocycles. The van der Waals surface area contributed by atoms with Gasteiger partial charge in [-0.15, -0.1) is 0 Å². The Morgan fingerprint density at radius 2 is 1.87 bits per heavy atom. The van der Waals surface area contributed by atoms with Crippen LogP contribution in [0.25, 0.3) is 10.4 Å². The lowest BCUT2D eigenvalue weighted by atomic mass is 9.97. The summed E-state index contributed by atoms with van der Waals surface area (Å²) < 4.78 is 21.7. The lowest BCUT2D eigenvalue weighted by Crippen LogP contribution is -2.59. The average Bonchev–Trinajstić information content (AvgIpc) is 2.70. The summed E-state index contributed by atoms with van der Waals surface area (Å²) in [5, 5.41) is 12.8. The second-order valence-electron chi connectivity index (χ2n) is 6.45. The molecule has 0 amide bonds. The SMILES string of the molecule is CC(=O)OCC1O[C@H](Sc2cccc(C#N)c2)C(OC(C)=O)C(N=[N+]=[N-])[C@H]1OC(C)=O. The van der Waals surface area contributed by atoms with Gasteiger partial charge in [0.15, 0.2) is 0 Å². The summed E-state index contributed by atoms with van der Waals surface area (Å²) in [7, 11) is 0. The maximum atomic E-state index is 11.7. The predicted molar refractivity (Wildman–Crippen MR) is 106 cm³/mol. The van der Waals surface area contributed by atoms with E-state index in [2.05, 4.69) is 10.0 Å². The van der Waals surface area contributed by atoms with Gasteiger partial charge in [-0.2, -0.15) is 5.26 Å². The van der Waals surface area contributed by atoms with Gasteiger partial charge in [-0.3, -0.25) is 14.4 Å². The molecule has 1 aliphatic heterocycles. The third kappa shape index (κ3) is 6.89. The van der Waals surface area contributed by atoms with Crippen molar-refractivity contribution in [2.24, 2.45) is 5.11 Å². The van der Waals surface area contributed by atoms with Gasteiger partial charge in [-0.05, 0) is 23.7 Å². The summed E-state index contributed by atoms with van der Waals surface area (Å²) in [6.07, 6.45) is -3.28. The zero-order valence-electron chi connectivity index (χ0n) is 17.0. The molecule has 12 heteroatoms. The molecule has 3 unspecified atom stereocenters. The Morgan fingerprint density at radius 3 is 2.45 bits per heavy atom. The van der Waals surface area contributed by atoms with Crippen molar-refractivity contribution in [3.63, 3.8) is 0 Å². The second kappa shape index (κ2) is 11.2. The van der Waals surface area contributed by atoms with Gasteiger partial charge >= 0.3 is 17.9 Å². The van der Waals surface area contributed by atoms with Crippen LogP contribution in [0, 0.1) is 11.3 Å². The third-order valence-corrected chi connectivity index (χ3v) is 5.21. The van der Waals surface area contributed by atoms with Crippen LogP contribution in [-0.4, -0.2) is 54.3 Å². The smallest absolute Gasteiger partial charge is 0.303 e. The van der Waals surface area contributed by atoms with Gasteiger partial charge in [0.05, 0.1) is 11.6 Å². The molecular weight excluding hydrogens is 428 g/mol. The van der Waals surface area contributed by atoms with Gasteiger partial charge in [-0.25, -0.2) is 0 Å². The largest absolute Gasteiger partial charge is 0.463 e. The Kier molecular flexibility index (Phi) is 8.69. The van der Waals surface area contributed by atoms with Gasteiger partial charge < -0.3 is 18.9 Å². The Bertz CT molecular complexity index is 928. The number of rotatable bonds is 7. The molecule has 0 aliphatic carbocycles. The molecule has 1 fully saturated rings. The van der Waals surface area contributed by atoms with Crippen molar-refractivity contribution >= 4 is 29.7 Å². The van der Waals surface area contributed by atoms with Crippen molar-refractivity contribution < 1.29 is 33.3 Å². The number of carbonyl (C=O) groups excluding carboxylic acids is 3. The molecule has 0 aromatic heterocycles. The van der Waals surface area contributed by atoms with E-state index in [0.29, 0.717) is 10.5 Å². The van der Waals surface area contributed by atoms with Crippen molar-refractivity contribution in [1.29, 1.82) is 5.26 Å². The molecule has 1 aromatic carbocycles. The van der Waals surface area contributed by atoms with E-state index in [1.165, 1.54) is 13.8 Å². The van der Waals surface area contributed by atoms with Crippen LogP contribution in [0.15, 0.2) is 34.3 Å². The number of nitriles is 1. The van der Waals surface area contributed by atoms with Gasteiger partial charge in [0.2, 0.25) is 0 Å². The van der Waals surface area contributed by atoms with Crippen LogP contribution in [0.3, 0.4) is 0 Å². The lowest BCUT2D eigenvalue weighted by molar-refractivity contribution is -0.201. The van der Waals surface area contributed by atoms with Crippen molar-refractivity contribution in [2.75, 3.05) is 6.61 Å². The first-order valence-corrected chi connectivity index (χ1v) is 9.97. The Balaban J connectivity index is 2.45. The highest BCUT2D eigenvalue weighted by atomic mass is 32.2. The molecule has 11 nitrogen and oxygen atoms in total. The van der Waals surface area contributed by atoms with Crippen molar-refractivity contribution in [3.8, 4) is 6.07 Å². The summed E-state index contributed by atoms with van der Waals surface area (Å²) in [4.78, 5) is 38.1. The first kappa shape index (κ1) is 24.0. The number of benzene rings is 1. The van der Waals surface area contributed by atoms with E-state index in [4.69, 9.17) is 29.7 Å². The minimum Gasteiger partial charge on any atom is -0.463 e. The molecule has 0 radical (unpaired) electrons. The number of ether oxygens (including phenoxy) is 4. The van der Waals surface area contributed by atoms with Crippen LogP contribution in [-0.2, 0) is 33.3 Å². The minimum atomic E-state index is -1.17. The molecule has 0 spiro atoms. The van der Waals surface area contributed by atoms with Crippen LogP contribution in [0.5, 0.6) is 0 Å². The molecule has 2 rings (SSSR count). The number of azide groups is 1. The highest BCUT2D eigenvalue weighted by Crippen LogP contribution is 2.37. The Morgan fingerprint density at radius 1 is 1.19 bits per heavy atom. The first-order chi connectivity index (χ1) is 14.7. The number of hydrogen-bond donors (Lipinski definition) is 0. The quantitative estimate of drug-likeness (QED) is 0.200. The molecular formula is C19H20N4O7S. The molecule has 1 aliphatic rings. The maximum Gasteiger partial charge on any atom is 0.303 e. The summed E-state index contributed by atoms with van der Waals surface area (Å²) in [6, 6.07) is 7.51. The van der Waals surface area contributed by atoms with E-state index in [9.17, 15) is 14.4 Å². The van der Waals surface area contributed by atoms with Crippen molar-refractivity contribution in [3.05, 3.63) is 40.3 Å². The molecule has 31 heavy (non-hydrogen) atoms. The molecule has 0 N–H and O–H groups in total. The normalized spacial score (nSPS) is 24.8. The Labute approximate surface area is 182 Å². The minimum absolute atomic E-state index is 0.285. The van der Waals surface area contributed by atoms with Gasteiger partial charge in [0, 0.05) is 30.6 Å². The first-order valence-electron chi connectivity index (χ1n) is 9.09. The highest BCUT2D eigenvalue weighted by molar-refractivity contribution is 7.99. The van der Waals surface area contributed by atoms with E-state index in [0.717, 1.165) is 18.7 Å². The topological polar surface area (TPSA) is 161 Å². The van der Waals surface area contributed by atoms with Gasteiger partial charge in [-0.1, -0.05) is 22.9 Å². The molecule has 1 aromatic rings. The van der Waals surface area contributed by atoms with E-state index in [-0.39, 0.29) is 6.61 Å². The van der Waals surface area contributed by atoms with E-state index in [1.54, 1.807) is 24.3 Å². The maximum absolute atomic E-state index is 11.7. The molecule has 164 valence electrons. The van der Waals surface area contributed by atoms with Crippen LogP contribution < -0.4 is 0 Å². The molecule has 5 atom stereocenters. The van der Waals surface area contributed by atoms with Crippen LogP contribution >= 0.6 is 11.8 Å². The lowest BCUT2D eigenvalue weighted by Gasteiger charge is -2.43. The van der Waals surface area contributed by atoms with E-state index in [1.807, 2.05) is 6.07 Å². The highest BCUT2D eigenvalue weighted by Gasteiger charge is 2.50. The fourth-order valence-corrected chi connectivity index (χ4v) is 4.11. The fraction of sp³-hybridized carbons (Fsp3) is 0.474. The fourth-order valence-electron chi connectivity index (χ4n) is 2.94. The van der Waals surface area contributed by atoms with Crippen molar-refractivity contribution in [2.45, 2.75) is 55.5 Å². The zero-order chi connectivity index (χ0) is 23.0. The molecule has 0 saturated carbocycles. The Hall–Kier alpha value is -3.26. The summed E-state index contributed by atoms with van der Waals surface area (Å²) in [6.45, 7) is 3.25. The number of carbonyl (C=O) groups is 3. The van der Waals surface area contributed by atoms with E-state index >= 15 is 0 Å². The number of nitrogens with zero attached hydrogens (tertiary/aromatic N) is 4.